The summed E-state index contributed by atoms with van der Waals surface area (Å²) >= 11 is 1.69. The van der Waals surface area contributed by atoms with Gasteiger partial charge in [-0.1, -0.05) is 12.1 Å². The van der Waals surface area contributed by atoms with E-state index in [4.69, 9.17) is 0 Å². The number of anilines is 2. The van der Waals surface area contributed by atoms with Crippen LogP contribution in [0.5, 0.6) is 0 Å². The lowest BCUT2D eigenvalue weighted by atomic mass is 10.1. The van der Waals surface area contributed by atoms with Gasteiger partial charge < -0.3 is 0 Å². The minimum atomic E-state index is -0.760. The number of rotatable bonds is 6. The minimum absolute atomic E-state index is 0.100. The normalized spacial score (nSPS) is 10.6. The molecule has 2 aromatic carbocycles. The Morgan fingerprint density at radius 2 is 1.09 bits per heavy atom. The van der Waals surface area contributed by atoms with E-state index in [9.17, 15) is 27.2 Å². The van der Waals surface area contributed by atoms with Crippen LogP contribution in [0.15, 0.2) is 67.0 Å². The molecule has 0 atom stereocenters. The van der Waals surface area contributed by atoms with Crippen LogP contribution in [-0.4, -0.2) is 40.5 Å². The second-order valence-corrected chi connectivity index (χ2v) is 11.2. The molecule has 4 aromatic heterocycles. The van der Waals surface area contributed by atoms with Crippen LogP contribution in [0, 0.1) is 44.0 Å². The highest BCUT2D eigenvalue weighted by Gasteiger charge is 2.20. The van der Waals surface area contributed by atoms with E-state index >= 15 is 0 Å². The summed E-state index contributed by atoms with van der Waals surface area (Å²) in [4.78, 5) is 40.4. The van der Waals surface area contributed by atoms with Gasteiger partial charge in [0.2, 0.25) is 10.3 Å². The van der Waals surface area contributed by atoms with Crippen LogP contribution in [0.2, 0.25) is 0 Å². The fourth-order valence-electron chi connectivity index (χ4n) is 4.10. The number of nitrogens with one attached hydrogen (secondary N) is 2. The Balaban J connectivity index is 0.000000185. The zero-order valence-electron chi connectivity index (χ0n) is 24.7. The summed E-state index contributed by atoms with van der Waals surface area (Å²) in [5, 5.41) is 5.41. The molecule has 16 heteroatoms. The summed E-state index contributed by atoms with van der Waals surface area (Å²) in [5.41, 5.74) is 1.58. The molecule has 47 heavy (non-hydrogen) atoms. The SMILES string of the molecule is Cc1ccc(F)c(-c2nsc(NC(=O)c3cccnc3C)n2)c1F.Cc1ncccc1C(=O)Nc1nc(-c2c(F)cccc2F)ns1. The molecule has 238 valence electrons. The number of benzene rings is 2. The summed E-state index contributed by atoms with van der Waals surface area (Å²) < 4.78 is 63.3. The third-order valence-electron chi connectivity index (χ3n) is 6.49. The van der Waals surface area contributed by atoms with Gasteiger partial charge >= 0.3 is 0 Å². The second-order valence-electron chi connectivity index (χ2n) is 9.68. The Kier molecular flexibility index (Phi) is 10.0. The van der Waals surface area contributed by atoms with Crippen molar-refractivity contribution in [1.29, 1.82) is 0 Å². The number of hydrogen-bond acceptors (Lipinski definition) is 10. The highest BCUT2D eigenvalue weighted by atomic mass is 32.1. The van der Waals surface area contributed by atoms with Gasteiger partial charge in [-0.2, -0.15) is 18.7 Å². The molecule has 0 aliphatic carbocycles. The van der Waals surface area contributed by atoms with Crippen LogP contribution in [0.1, 0.15) is 37.7 Å². The molecule has 0 bridgehead atoms. The minimum Gasteiger partial charge on any atom is -0.297 e. The molecular weight excluding hydrogens is 657 g/mol. The van der Waals surface area contributed by atoms with Gasteiger partial charge in [-0.05, 0) is 68.8 Å². The number of pyridine rings is 2. The summed E-state index contributed by atoms with van der Waals surface area (Å²) in [7, 11) is 0. The molecule has 2 amide bonds. The van der Waals surface area contributed by atoms with Gasteiger partial charge in [0.1, 0.15) is 23.3 Å². The van der Waals surface area contributed by atoms with E-state index in [-0.39, 0.29) is 38.6 Å². The van der Waals surface area contributed by atoms with Crippen molar-refractivity contribution in [1.82, 2.24) is 28.7 Å². The average Bonchev–Trinajstić information content (AvgIpc) is 3.69. The Bertz CT molecular complexity index is 2080. The third kappa shape index (κ3) is 7.50. The van der Waals surface area contributed by atoms with Gasteiger partial charge in [0.15, 0.2) is 11.6 Å². The Hall–Kier alpha value is -5.48. The largest absolute Gasteiger partial charge is 0.297 e. The second kappa shape index (κ2) is 14.3. The number of halogens is 4. The van der Waals surface area contributed by atoms with Crippen LogP contribution in [0.25, 0.3) is 22.8 Å². The highest BCUT2D eigenvalue weighted by molar-refractivity contribution is 7.10. The molecule has 0 saturated carbocycles. The first-order valence-electron chi connectivity index (χ1n) is 13.6. The van der Waals surface area contributed by atoms with Gasteiger partial charge in [0.05, 0.1) is 22.3 Å². The van der Waals surface area contributed by atoms with Crippen molar-refractivity contribution in [3.63, 3.8) is 0 Å². The number of amides is 2. The maximum Gasteiger partial charge on any atom is 0.259 e. The van der Waals surface area contributed by atoms with E-state index in [1.54, 1.807) is 50.5 Å². The summed E-state index contributed by atoms with van der Waals surface area (Å²) in [6.45, 7) is 4.94. The molecule has 4 heterocycles. The van der Waals surface area contributed by atoms with Crippen molar-refractivity contribution in [3.05, 3.63) is 118 Å². The first-order chi connectivity index (χ1) is 22.5. The van der Waals surface area contributed by atoms with Crippen LogP contribution >= 0.6 is 23.1 Å². The van der Waals surface area contributed by atoms with E-state index in [1.165, 1.54) is 19.1 Å². The summed E-state index contributed by atoms with van der Waals surface area (Å²) in [6, 6.07) is 12.5. The number of aromatic nitrogens is 6. The first kappa shape index (κ1) is 32.9. The van der Waals surface area contributed by atoms with Gasteiger partial charge in [-0.25, -0.2) is 17.6 Å². The van der Waals surface area contributed by atoms with Crippen molar-refractivity contribution in [2.45, 2.75) is 20.8 Å². The van der Waals surface area contributed by atoms with E-state index in [0.29, 0.717) is 22.5 Å². The average molecular weight is 679 g/mol. The molecule has 0 unspecified atom stereocenters. The predicted octanol–water partition coefficient (Wildman–Crippen LogP) is 7.19. The van der Waals surface area contributed by atoms with Gasteiger partial charge in [0, 0.05) is 46.8 Å². The molecule has 0 saturated heterocycles. The quantitative estimate of drug-likeness (QED) is 0.177. The Morgan fingerprint density at radius 3 is 1.57 bits per heavy atom. The van der Waals surface area contributed by atoms with E-state index < -0.39 is 35.1 Å². The van der Waals surface area contributed by atoms with E-state index in [2.05, 4.69) is 39.3 Å². The molecule has 0 radical (unpaired) electrons. The van der Waals surface area contributed by atoms with Crippen molar-refractivity contribution < 1.29 is 27.2 Å². The lowest BCUT2D eigenvalue weighted by Crippen LogP contribution is -2.13. The summed E-state index contributed by atoms with van der Waals surface area (Å²) in [5.74, 6) is -4.01. The monoisotopic (exact) mass is 678 g/mol. The maximum atomic E-state index is 14.1. The molecule has 0 spiro atoms. The molecule has 0 aliphatic heterocycles. The van der Waals surface area contributed by atoms with Crippen LogP contribution in [-0.2, 0) is 0 Å². The Morgan fingerprint density at radius 1 is 0.617 bits per heavy atom. The molecule has 0 aliphatic rings. The number of carbonyl (C=O) groups excluding carboxylic acids is 2. The highest BCUT2D eigenvalue weighted by Crippen LogP contribution is 2.29. The van der Waals surface area contributed by atoms with Crippen LogP contribution in [0.4, 0.5) is 27.8 Å². The van der Waals surface area contributed by atoms with Crippen LogP contribution in [0.3, 0.4) is 0 Å². The van der Waals surface area contributed by atoms with Crippen molar-refractivity contribution in [2.75, 3.05) is 10.6 Å². The topological polar surface area (TPSA) is 136 Å². The fraction of sp³-hybridized carbons (Fsp3) is 0.0968. The lowest BCUT2D eigenvalue weighted by Gasteiger charge is -2.04. The smallest absolute Gasteiger partial charge is 0.259 e. The predicted molar refractivity (Wildman–Crippen MR) is 169 cm³/mol. The van der Waals surface area contributed by atoms with Gasteiger partial charge in [-0.15, -0.1) is 0 Å². The van der Waals surface area contributed by atoms with Crippen molar-refractivity contribution in [2.24, 2.45) is 0 Å². The molecule has 6 rings (SSSR count). The van der Waals surface area contributed by atoms with E-state index in [1.807, 2.05) is 0 Å². The maximum absolute atomic E-state index is 14.1. The Labute approximate surface area is 273 Å². The fourth-order valence-corrected chi connectivity index (χ4v) is 5.24. The van der Waals surface area contributed by atoms with Crippen molar-refractivity contribution >= 4 is 45.1 Å². The first-order valence-corrected chi connectivity index (χ1v) is 15.1. The standard InChI is InChI=1S/C16H12F2N4OS.C15H10F2N4OS/c1-8-5-6-11(17)12(13(8)18)14-20-16(24-22-14)21-15(23)10-4-3-7-19-9(10)2;1-8-9(4-3-7-18-8)14(22)20-15-19-13(21-23-15)12-10(16)5-2-6-11(12)17/h3-7H,1-2H3,(H,20,21,22,23);2-7H,1H3,(H,19,20,21,22). The number of aryl methyl sites for hydroxylation is 3. The van der Waals surface area contributed by atoms with Gasteiger partial charge in [-0.3, -0.25) is 30.2 Å². The lowest BCUT2D eigenvalue weighted by molar-refractivity contribution is 0.101. The number of carbonyl (C=O) groups is 2. The molecular formula is C31H22F4N8O2S2. The molecule has 6 aromatic rings. The van der Waals surface area contributed by atoms with Crippen molar-refractivity contribution in [3.8, 4) is 22.8 Å². The number of nitrogens with zero attached hydrogens (tertiary/aromatic N) is 6. The third-order valence-corrected chi connectivity index (χ3v) is 7.75. The number of hydrogen-bond donors (Lipinski definition) is 2. The van der Waals surface area contributed by atoms with E-state index in [0.717, 1.165) is 41.3 Å². The zero-order valence-corrected chi connectivity index (χ0v) is 26.3. The molecule has 0 fully saturated rings. The van der Waals surface area contributed by atoms with Gasteiger partial charge in [0.25, 0.3) is 11.8 Å². The molecule has 10 nitrogen and oxygen atoms in total. The van der Waals surface area contributed by atoms with Crippen LogP contribution < -0.4 is 10.6 Å². The zero-order chi connectivity index (χ0) is 33.7. The molecule has 2 N–H and O–H groups in total. The summed E-state index contributed by atoms with van der Waals surface area (Å²) in [6.07, 6.45) is 3.16.